The maximum Gasteiger partial charge on any atom is 0.227 e. The first-order chi connectivity index (χ1) is 12.7. The highest BCUT2D eigenvalue weighted by molar-refractivity contribution is 6.30. The molecule has 0 bridgehead atoms. The summed E-state index contributed by atoms with van der Waals surface area (Å²) in [5.74, 6) is 1.11. The number of carbonyl (C=O) groups excluding carboxylic acids is 1. The number of aryl methyl sites for hydroxylation is 2. The van der Waals surface area contributed by atoms with Crippen LogP contribution in [0.1, 0.15) is 29.7 Å². The number of nitrogens with zero attached hydrogens (tertiary/aromatic N) is 4. The van der Waals surface area contributed by atoms with Gasteiger partial charge in [0.25, 0.3) is 0 Å². The Morgan fingerprint density at radius 1 is 1.04 bits per heavy atom. The Bertz CT molecular complexity index is 802. The molecule has 0 unspecified atom stereocenters. The molecular weight excluding hydrogens is 348 g/mol. The number of carbonyl (C=O) groups is 1. The van der Waals surface area contributed by atoms with Gasteiger partial charge in [0.1, 0.15) is 0 Å². The van der Waals surface area contributed by atoms with Crippen LogP contribution < -0.4 is 4.90 Å². The first kappa shape index (κ1) is 17.3. The van der Waals surface area contributed by atoms with Crippen molar-refractivity contribution in [2.45, 2.75) is 32.1 Å². The fourth-order valence-electron chi connectivity index (χ4n) is 3.75. The molecule has 136 valence electrons. The molecule has 2 aliphatic rings. The number of rotatable bonds is 3. The molecule has 0 spiro atoms. The van der Waals surface area contributed by atoms with E-state index in [1.807, 2.05) is 29.2 Å². The van der Waals surface area contributed by atoms with Crippen molar-refractivity contribution in [3.8, 4) is 0 Å². The number of anilines is 1. The lowest BCUT2D eigenvalue weighted by Gasteiger charge is -2.35. The number of amides is 1. The monoisotopic (exact) mass is 370 g/mol. The van der Waals surface area contributed by atoms with Gasteiger partial charge < -0.3 is 9.80 Å². The lowest BCUT2D eigenvalue weighted by molar-refractivity contribution is -0.130. The zero-order valence-electron chi connectivity index (χ0n) is 14.8. The summed E-state index contributed by atoms with van der Waals surface area (Å²) < 4.78 is 0. The minimum absolute atomic E-state index is 0.156. The lowest BCUT2D eigenvalue weighted by atomic mass is 9.97. The zero-order chi connectivity index (χ0) is 17.9. The van der Waals surface area contributed by atoms with Gasteiger partial charge in [-0.25, -0.2) is 0 Å². The molecular formula is C20H23ClN4O. The van der Waals surface area contributed by atoms with Gasteiger partial charge in [-0.2, -0.15) is 5.10 Å². The molecule has 4 rings (SSSR count). The number of halogens is 1. The average Bonchev–Trinajstić information content (AvgIpc) is 2.68. The quantitative estimate of drug-likeness (QED) is 0.833. The fraction of sp³-hybridized carbons (Fsp3) is 0.450. The highest BCUT2D eigenvalue weighted by Crippen LogP contribution is 2.23. The third-order valence-corrected chi connectivity index (χ3v) is 5.49. The number of hydrogen-bond donors (Lipinski definition) is 0. The van der Waals surface area contributed by atoms with Crippen LogP contribution in [0.5, 0.6) is 0 Å². The first-order valence-electron chi connectivity index (χ1n) is 9.32. The van der Waals surface area contributed by atoms with E-state index in [2.05, 4.69) is 21.2 Å². The van der Waals surface area contributed by atoms with Crippen LogP contribution in [0.15, 0.2) is 30.3 Å². The van der Waals surface area contributed by atoms with Gasteiger partial charge in [-0.05, 0) is 55.0 Å². The molecule has 1 saturated heterocycles. The fourth-order valence-corrected chi connectivity index (χ4v) is 3.96. The van der Waals surface area contributed by atoms with Crippen molar-refractivity contribution in [3.63, 3.8) is 0 Å². The van der Waals surface area contributed by atoms with E-state index in [0.717, 1.165) is 56.1 Å². The van der Waals surface area contributed by atoms with Crippen LogP contribution in [0.2, 0.25) is 5.02 Å². The Hall–Kier alpha value is -2.14. The van der Waals surface area contributed by atoms with Gasteiger partial charge in [-0.3, -0.25) is 4.79 Å². The van der Waals surface area contributed by atoms with Crippen LogP contribution in [-0.4, -0.2) is 47.2 Å². The van der Waals surface area contributed by atoms with E-state index in [1.165, 1.54) is 18.4 Å². The number of benzene rings is 1. The smallest absolute Gasteiger partial charge is 0.227 e. The van der Waals surface area contributed by atoms with Gasteiger partial charge in [-0.1, -0.05) is 23.7 Å². The lowest BCUT2D eigenvalue weighted by Crippen LogP contribution is -2.49. The number of fused-ring (bicyclic) bond motifs is 1. The Morgan fingerprint density at radius 2 is 1.85 bits per heavy atom. The summed E-state index contributed by atoms with van der Waals surface area (Å²) in [6.45, 7) is 3.04. The number of hydrogen-bond acceptors (Lipinski definition) is 4. The van der Waals surface area contributed by atoms with Gasteiger partial charge in [0, 0.05) is 31.2 Å². The van der Waals surface area contributed by atoms with Gasteiger partial charge in [0.15, 0.2) is 5.82 Å². The molecule has 2 aromatic rings. The van der Waals surface area contributed by atoms with Crippen molar-refractivity contribution in [1.29, 1.82) is 0 Å². The molecule has 1 aliphatic heterocycles. The molecule has 0 N–H and O–H groups in total. The van der Waals surface area contributed by atoms with Crippen molar-refractivity contribution >= 4 is 23.3 Å². The largest absolute Gasteiger partial charge is 0.352 e. The van der Waals surface area contributed by atoms with E-state index in [9.17, 15) is 4.79 Å². The molecule has 5 nitrogen and oxygen atoms in total. The molecule has 1 aliphatic carbocycles. The zero-order valence-corrected chi connectivity index (χ0v) is 15.6. The van der Waals surface area contributed by atoms with Crippen LogP contribution in [0.3, 0.4) is 0 Å². The highest BCUT2D eigenvalue weighted by Gasteiger charge is 2.23. The number of piperazine rings is 1. The molecule has 0 saturated carbocycles. The molecule has 6 heteroatoms. The molecule has 0 radical (unpaired) electrons. The van der Waals surface area contributed by atoms with Gasteiger partial charge in [0.2, 0.25) is 5.91 Å². The van der Waals surface area contributed by atoms with Crippen molar-refractivity contribution < 1.29 is 4.79 Å². The SMILES string of the molecule is O=C(Cc1cccc(Cl)c1)N1CCN(c2cc3c(nn2)CCCC3)CC1. The van der Waals surface area contributed by atoms with E-state index in [0.29, 0.717) is 11.4 Å². The second-order valence-corrected chi connectivity index (χ2v) is 7.49. The normalized spacial score (nSPS) is 17.1. The van der Waals surface area contributed by atoms with Crippen molar-refractivity contribution in [3.05, 3.63) is 52.2 Å². The molecule has 1 amide bonds. The Balaban J connectivity index is 1.36. The van der Waals surface area contributed by atoms with Gasteiger partial charge >= 0.3 is 0 Å². The predicted octanol–water partition coefficient (Wildman–Crippen LogP) is 2.90. The topological polar surface area (TPSA) is 49.3 Å². The minimum Gasteiger partial charge on any atom is -0.352 e. The molecule has 0 atom stereocenters. The van der Waals surface area contributed by atoms with Crippen molar-refractivity contribution in [2.24, 2.45) is 0 Å². The van der Waals surface area contributed by atoms with Crippen LogP contribution in [-0.2, 0) is 24.1 Å². The molecule has 1 fully saturated rings. The Kier molecular flexibility index (Phi) is 5.07. The third kappa shape index (κ3) is 3.83. The van der Waals surface area contributed by atoms with Gasteiger partial charge in [-0.15, -0.1) is 5.10 Å². The third-order valence-electron chi connectivity index (χ3n) is 5.26. The standard InChI is InChI=1S/C20H23ClN4O/c21-17-6-3-4-15(12-17)13-20(26)25-10-8-24(9-11-25)19-14-16-5-1-2-7-18(16)22-23-19/h3-4,6,12,14H,1-2,5,7-11,13H2. The summed E-state index contributed by atoms with van der Waals surface area (Å²) in [5, 5.41) is 9.52. The van der Waals surface area contributed by atoms with Gasteiger partial charge in [0.05, 0.1) is 12.1 Å². The second-order valence-electron chi connectivity index (χ2n) is 7.06. The molecule has 26 heavy (non-hydrogen) atoms. The van der Waals surface area contributed by atoms with Crippen LogP contribution in [0.25, 0.3) is 0 Å². The van der Waals surface area contributed by atoms with Crippen molar-refractivity contribution in [1.82, 2.24) is 15.1 Å². The first-order valence-corrected chi connectivity index (χ1v) is 9.69. The summed E-state index contributed by atoms with van der Waals surface area (Å²) in [5.41, 5.74) is 3.47. The van der Waals surface area contributed by atoms with E-state index in [1.54, 1.807) is 0 Å². The maximum atomic E-state index is 12.5. The summed E-state index contributed by atoms with van der Waals surface area (Å²) in [6, 6.07) is 9.72. The number of aromatic nitrogens is 2. The molecule has 2 heterocycles. The molecule has 1 aromatic carbocycles. The van der Waals surface area contributed by atoms with E-state index in [-0.39, 0.29) is 5.91 Å². The highest BCUT2D eigenvalue weighted by atomic mass is 35.5. The maximum absolute atomic E-state index is 12.5. The van der Waals surface area contributed by atoms with E-state index < -0.39 is 0 Å². The molecule has 1 aromatic heterocycles. The van der Waals surface area contributed by atoms with E-state index >= 15 is 0 Å². The summed E-state index contributed by atoms with van der Waals surface area (Å²) in [7, 11) is 0. The van der Waals surface area contributed by atoms with Crippen LogP contribution in [0.4, 0.5) is 5.82 Å². The Labute approximate surface area is 159 Å². The summed E-state index contributed by atoms with van der Waals surface area (Å²) in [6.07, 6.45) is 5.02. The van der Waals surface area contributed by atoms with Crippen LogP contribution >= 0.6 is 11.6 Å². The van der Waals surface area contributed by atoms with Crippen LogP contribution in [0, 0.1) is 0 Å². The average molecular weight is 371 g/mol. The summed E-state index contributed by atoms with van der Waals surface area (Å²) in [4.78, 5) is 16.7. The van der Waals surface area contributed by atoms with E-state index in [4.69, 9.17) is 11.6 Å². The predicted molar refractivity (Wildman–Crippen MR) is 103 cm³/mol. The second kappa shape index (κ2) is 7.62. The van der Waals surface area contributed by atoms with Crippen molar-refractivity contribution in [2.75, 3.05) is 31.1 Å². The Morgan fingerprint density at radius 3 is 2.65 bits per heavy atom. The minimum atomic E-state index is 0.156. The summed E-state index contributed by atoms with van der Waals surface area (Å²) >= 11 is 6.01.